The van der Waals surface area contributed by atoms with Gasteiger partial charge in [-0.15, -0.1) is 0 Å². The van der Waals surface area contributed by atoms with E-state index < -0.39 is 22.3 Å². The molecule has 0 amide bonds. The van der Waals surface area contributed by atoms with Crippen molar-refractivity contribution in [2.75, 3.05) is 7.11 Å². The van der Waals surface area contributed by atoms with Crippen molar-refractivity contribution in [2.24, 2.45) is 0 Å². The number of hydrogen-bond donors (Lipinski definition) is 0. The van der Waals surface area contributed by atoms with Crippen LogP contribution in [0.15, 0.2) is 36.4 Å². The van der Waals surface area contributed by atoms with Gasteiger partial charge in [-0.05, 0) is 18.2 Å². The number of alkyl halides is 1. The smallest absolute Gasteiger partial charge is 0.131 e. The lowest BCUT2D eigenvalue weighted by atomic mass is 10.0. The van der Waals surface area contributed by atoms with Crippen LogP contribution < -0.4 is 4.74 Å². The first-order valence-corrected chi connectivity index (χ1v) is 6.37. The van der Waals surface area contributed by atoms with Crippen LogP contribution in [0.1, 0.15) is 16.0 Å². The average molecular weight is 331 g/mol. The predicted molar refractivity (Wildman–Crippen MR) is 70.1 cm³/mol. The van der Waals surface area contributed by atoms with Crippen molar-refractivity contribution in [3.8, 4) is 5.75 Å². The maximum absolute atomic E-state index is 13.9. The van der Waals surface area contributed by atoms with E-state index in [-0.39, 0.29) is 11.1 Å². The van der Waals surface area contributed by atoms with Crippen LogP contribution in [0.25, 0.3) is 0 Å². The minimum absolute atomic E-state index is 0.143. The highest BCUT2D eigenvalue weighted by Gasteiger charge is 2.22. The molecule has 100 valence electrons. The molecule has 0 spiro atoms. The normalized spacial score (nSPS) is 12.3. The Bertz CT molecular complexity index is 601. The minimum atomic E-state index is -0.760. The highest BCUT2D eigenvalue weighted by atomic mass is 79.9. The van der Waals surface area contributed by atoms with Crippen molar-refractivity contribution < 1.29 is 17.9 Å². The van der Waals surface area contributed by atoms with E-state index in [1.54, 1.807) is 6.07 Å². The van der Waals surface area contributed by atoms with Gasteiger partial charge in [0, 0.05) is 17.2 Å². The van der Waals surface area contributed by atoms with E-state index in [1.807, 2.05) is 0 Å². The number of benzene rings is 2. The fourth-order valence-electron chi connectivity index (χ4n) is 1.80. The maximum Gasteiger partial charge on any atom is 0.131 e. The van der Waals surface area contributed by atoms with Gasteiger partial charge < -0.3 is 4.74 Å². The van der Waals surface area contributed by atoms with E-state index in [9.17, 15) is 13.2 Å². The summed E-state index contributed by atoms with van der Waals surface area (Å²) in [5.74, 6) is -1.65. The molecule has 0 radical (unpaired) electrons. The molecule has 0 N–H and O–H groups in total. The standard InChI is InChI=1S/C14H10BrF3O/c1-19-12-4-2-3-10(17)13(12)14(15)9-6-5-8(16)7-11(9)18/h2-7,14H,1H3. The third-order valence-electron chi connectivity index (χ3n) is 2.72. The predicted octanol–water partition coefficient (Wildman–Crippen LogP) is 4.60. The Hall–Kier alpha value is -1.49. The van der Waals surface area contributed by atoms with Gasteiger partial charge in [0.15, 0.2) is 0 Å². The zero-order chi connectivity index (χ0) is 14.0. The highest BCUT2D eigenvalue weighted by molar-refractivity contribution is 9.09. The molecule has 1 nitrogen and oxygen atoms in total. The fourth-order valence-corrected chi connectivity index (χ4v) is 2.62. The van der Waals surface area contributed by atoms with Crippen LogP contribution in [0.3, 0.4) is 0 Å². The number of methoxy groups -OCH3 is 1. The summed E-state index contributed by atoms with van der Waals surface area (Å²) in [6, 6.07) is 7.49. The zero-order valence-electron chi connectivity index (χ0n) is 9.96. The molecule has 1 unspecified atom stereocenters. The fraction of sp³-hybridized carbons (Fsp3) is 0.143. The van der Waals surface area contributed by atoms with Gasteiger partial charge in [-0.1, -0.05) is 28.1 Å². The molecule has 0 aliphatic rings. The van der Waals surface area contributed by atoms with Crippen molar-refractivity contribution in [1.82, 2.24) is 0 Å². The molecule has 0 aromatic heterocycles. The van der Waals surface area contributed by atoms with Gasteiger partial charge in [0.05, 0.1) is 11.9 Å². The van der Waals surface area contributed by atoms with Gasteiger partial charge in [0.1, 0.15) is 23.2 Å². The Kier molecular flexibility index (Phi) is 4.14. The van der Waals surface area contributed by atoms with Gasteiger partial charge in [0.2, 0.25) is 0 Å². The van der Waals surface area contributed by atoms with Crippen molar-refractivity contribution in [3.05, 3.63) is 65.0 Å². The summed E-state index contributed by atoms with van der Waals surface area (Å²) < 4.78 is 45.5. The van der Waals surface area contributed by atoms with Crippen molar-refractivity contribution >= 4 is 15.9 Å². The summed E-state index contributed by atoms with van der Waals surface area (Å²) in [5.41, 5.74) is 0.320. The van der Waals surface area contributed by atoms with E-state index in [0.29, 0.717) is 5.75 Å². The number of ether oxygens (including phenoxy) is 1. The molecule has 0 aliphatic carbocycles. The minimum Gasteiger partial charge on any atom is -0.496 e. The van der Waals surface area contributed by atoms with E-state index >= 15 is 0 Å². The lowest BCUT2D eigenvalue weighted by molar-refractivity contribution is 0.405. The van der Waals surface area contributed by atoms with E-state index in [1.165, 1.54) is 25.3 Å². The molecule has 0 saturated carbocycles. The molecule has 2 rings (SSSR count). The Balaban J connectivity index is 2.52. The molecule has 2 aromatic carbocycles. The van der Waals surface area contributed by atoms with E-state index in [0.717, 1.165) is 12.1 Å². The van der Waals surface area contributed by atoms with Gasteiger partial charge in [-0.2, -0.15) is 0 Å². The summed E-state index contributed by atoms with van der Waals surface area (Å²) in [6.45, 7) is 0. The van der Waals surface area contributed by atoms with Gasteiger partial charge in [-0.25, -0.2) is 13.2 Å². The SMILES string of the molecule is COc1cccc(F)c1C(Br)c1ccc(F)cc1F. The van der Waals surface area contributed by atoms with Crippen molar-refractivity contribution in [1.29, 1.82) is 0 Å². The van der Waals surface area contributed by atoms with Crippen LogP contribution in [0.2, 0.25) is 0 Å². The summed E-state index contributed by atoms with van der Waals surface area (Å²) in [4.78, 5) is -0.760. The molecular formula is C14H10BrF3O. The summed E-state index contributed by atoms with van der Waals surface area (Å²) in [7, 11) is 1.40. The molecule has 0 heterocycles. The van der Waals surface area contributed by atoms with Crippen LogP contribution in [-0.4, -0.2) is 7.11 Å². The molecule has 5 heteroatoms. The second-order valence-corrected chi connectivity index (χ2v) is 4.80. The Morgan fingerprint density at radius 3 is 2.42 bits per heavy atom. The topological polar surface area (TPSA) is 9.23 Å². The molecule has 0 fully saturated rings. The summed E-state index contributed by atoms with van der Waals surface area (Å²) in [6.07, 6.45) is 0. The monoisotopic (exact) mass is 330 g/mol. The quantitative estimate of drug-likeness (QED) is 0.747. The first-order valence-electron chi connectivity index (χ1n) is 5.46. The molecule has 19 heavy (non-hydrogen) atoms. The first-order chi connectivity index (χ1) is 9.04. The molecule has 0 saturated heterocycles. The summed E-state index contributed by atoms with van der Waals surface area (Å²) in [5, 5.41) is 0. The number of rotatable bonds is 3. The van der Waals surface area contributed by atoms with Crippen LogP contribution in [0.5, 0.6) is 5.75 Å². The van der Waals surface area contributed by atoms with E-state index in [2.05, 4.69) is 15.9 Å². The van der Waals surface area contributed by atoms with Crippen LogP contribution >= 0.6 is 15.9 Å². The lowest BCUT2D eigenvalue weighted by Crippen LogP contribution is -2.03. The zero-order valence-corrected chi connectivity index (χ0v) is 11.5. The first kappa shape index (κ1) is 13.9. The van der Waals surface area contributed by atoms with Crippen LogP contribution in [0, 0.1) is 17.5 Å². The average Bonchev–Trinajstić information content (AvgIpc) is 2.37. The molecule has 0 aliphatic heterocycles. The van der Waals surface area contributed by atoms with Crippen molar-refractivity contribution in [3.63, 3.8) is 0 Å². The van der Waals surface area contributed by atoms with Crippen LogP contribution in [0.4, 0.5) is 13.2 Å². The Labute approximate surface area is 117 Å². The van der Waals surface area contributed by atoms with Gasteiger partial charge >= 0.3 is 0 Å². The third kappa shape index (κ3) is 2.76. The van der Waals surface area contributed by atoms with Crippen LogP contribution in [-0.2, 0) is 0 Å². The Morgan fingerprint density at radius 2 is 1.79 bits per heavy atom. The summed E-state index contributed by atoms with van der Waals surface area (Å²) >= 11 is 3.23. The highest BCUT2D eigenvalue weighted by Crippen LogP contribution is 2.39. The molecular weight excluding hydrogens is 321 g/mol. The molecule has 1 atom stereocenters. The third-order valence-corrected chi connectivity index (χ3v) is 3.67. The maximum atomic E-state index is 13.9. The molecule has 2 aromatic rings. The number of hydrogen-bond acceptors (Lipinski definition) is 1. The Morgan fingerprint density at radius 1 is 1.05 bits per heavy atom. The second-order valence-electron chi connectivity index (χ2n) is 3.88. The van der Waals surface area contributed by atoms with Crippen molar-refractivity contribution in [2.45, 2.75) is 4.83 Å². The van der Waals surface area contributed by atoms with Gasteiger partial charge in [-0.3, -0.25) is 0 Å². The van der Waals surface area contributed by atoms with Gasteiger partial charge in [0.25, 0.3) is 0 Å². The number of halogens is 4. The molecule has 0 bridgehead atoms. The second kappa shape index (κ2) is 5.65. The van der Waals surface area contributed by atoms with E-state index in [4.69, 9.17) is 4.74 Å². The lowest BCUT2D eigenvalue weighted by Gasteiger charge is -2.16. The largest absolute Gasteiger partial charge is 0.496 e.